The van der Waals surface area contributed by atoms with E-state index in [2.05, 4.69) is 15.8 Å². The highest BCUT2D eigenvalue weighted by Crippen LogP contribution is 2.38. The van der Waals surface area contributed by atoms with Crippen LogP contribution in [0.5, 0.6) is 5.75 Å². The van der Waals surface area contributed by atoms with E-state index in [-0.39, 0.29) is 17.7 Å². The summed E-state index contributed by atoms with van der Waals surface area (Å²) in [5.74, 6) is 0.794. The maximum absolute atomic E-state index is 13.0. The molecule has 1 aliphatic heterocycles. The van der Waals surface area contributed by atoms with E-state index in [9.17, 15) is 9.59 Å². The molecule has 9 heteroatoms. The molecule has 2 N–H and O–H groups in total. The Hall–Kier alpha value is -3.17. The van der Waals surface area contributed by atoms with Gasteiger partial charge in [0.1, 0.15) is 16.9 Å². The number of carbonyl (C=O) groups is 2. The quantitative estimate of drug-likeness (QED) is 0.490. The Morgan fingerprint density at radius 1 is 1.21 bits per heavy atom. The first kappa shape index (κ1) is 22.6. The zero-order valence-corrected chi connectivity index (χ0v) is 20.0. The number of nitrogens with one attached hydrogen (secondary N) is 2. The number of fused-ring (bicyclic) bond motifs is 2. The first-order valence-corrected chi connectivity index (χ1v) is 12.3. The number of methoxy groups -OCH3 is 1. The summed E-state index contributed by atoms with van der Waals surface area (Å²) in [6.07, 6.45) is 4.86. The number of anilines is 1. The number of thiophene rings is 1. The minimum Gasteiger partial charge on any atom is -0.490 e. The van der Waals surface area contributed by atoms with Gasteiger partial charge in [0.2, 0.25) is 0 Å². The highest BCUT2D eigenvalue weighted by Gasteiger charge is 2.27. The third-order valence-electron chi connectivity index (χ3n) is 6.14. The maximum atomic E-state index is 13.0. The van der Waals surface area contributed by atoms with Crippen LogP contribution in [0.1, 0.15) is 56.6 Å². The molecule has 2 aliphatic rings. The number of amides is 2. The number of carbonyl (C=O) groups excluding carboxylic acids is 2. The highest BCUT2D eigenvalue weighted by molar-refractivity contribution is 7.17. The summed E-state index contributed by atoms with van der Waals surface area (Å²) < 4.78 is 16.3. The highest BCUT2D eigenvalue weighted by atomic mass is 32.1. The lowest BCUT2D eigenvalue weighted by atomic mass is 9.95. The Balaban J connectivity index is 1.36. The molecule has 34 heavy (non-hydrogen) atoms. The molecule has 0 saturated heterocycles. The first-order chi connectivity index (χ1) is 16.5. The second-order valence-electron chi connectivity index (χ2n) is 8.65. The topological polar surface area (TPSA) is 103 Å². The summed E-state index contributed by atoms with van der Waals surface area (Å²) in [5.41, 5.74) is 3.71. The molecule has 0 saturated carbocycles. The second-order valence-corrected chi connectivity index (χ2v) is 9.75. The van der Waals surface area contributed by atoms with Crippen LogP contribution in [0, 0.1) is 0 Å². The van der Waals surface area contributed by atoms with Gasteiger partial charge < -0.3 is 24.6 Å². The zero-order valence-electron chi connectivity index (χ0n) is 19.2. The van der Waals surface area contributed by atoms with Gasteiger partial charge in [-0.05, 0) is 61.9 Å². The van der Waals surface area contributed by atoms with Crippen LogP contribution in [-0.4, -0.2) is 43.3 Å². The van der Waals surface area contributed by atoms with Gasteiger partial charge in [0, 0.05) is 36.6 Å². The number of nitrogens with zero attached hydrogens (tertiary/aromatic N) is 1. The summed E-state index contributed by atoms with van der Waals surface area (Å²) in [6.45, 7) is 2.87. The van der Waals surface area contributed by atoms with Crippen molar-refractivity contribution in [2.75, 3.05) is 25.6 Å². The fraction of sp³-hybridized carbons (Fsp3) is 0.400. The number of ether oxygens (including phenoxy) is 2. The van der Waals surface area contributed by atoms with Crippen LogP contribution in [-0.2, 0) is 24.0 Å². The van der Waals surface area contributed by atoms with Gasteiger partial charge in [-0.25, -0.2) is 0 Å². The molecule has 2 amide bonds. The molecule has 0 spiro atoms. The van der Waals surface area contributed by atoms with E-state index in [0.29, 0.717) is 29.5 Å². The Labute approximate surface area is 201 Å². The van der Waals surface area contributed by atoms with Crippen molar-refractivity contribution in [3.05, 3.63) is 51.5 Å². The van der Waals surface area contributed by atoms with Gasteiger partial charge in [-0.1, -0.05) is 5.16 Å². The molecule has 2 aromatic heterocycles. The smallest absolute Gasteiger partial charge is 0.278 e. The van der Waals surface area contributed by atoms with Crippen molar-refractivity contribution >= 4 is 28.2 Å². The maximum Gasteiger partial charge on any atom is 0.278 e. The van der Waals surface area contributed by atoms with E-state index in [1.807, 2.05) is 25.1 Å². The summed E-state index contributed by atoms with van der Waals surface area (Å²) in [4.78, 5) is 27.1. The standard InChI is InChI=1S/C25H27N3O5S/c1-14-11-16-12-15(7-8-19(16)32-14)20-13-18(28-33-20)23(29)27-25-22(24(30)26-9-10-31-2)17-5-3-4-6-21(17)34-25/h7-8,12-14H,3-6,9-11H2,1-2H3,(H,26,30)(H,27,29)/t14-/m1/s1. The predicted octanol–water partition coefficient (Wildman–Crippen LogP) is 4.23. The average Bonchev–Trinajstić information content (AvgIpc) is 3.54. The minimum absolute atomic E-state index is 0.152. The lowest BCUT2D eigenvalue weighted by Gasteiger charge is -2.13. The predicted molar refractivity (Wildman–Crippen MR) is 129 cm³/mol. The Kier molecular flexibility index (Phi) is 6.38. The first-order valence-electron chi connectivity index (χ1n) is 11.5. The van der Waals surface area contributed by atoms with Gasteiger partial charge in [0.25, 0.3) is 11.8 Å². The Morgan fingerprint density at radius 2 is 2.06 bits per heavy atom. The molecule has 1 aromatic carbocycles. The molecule has 3 aromatic rings. The summed E-state index contributed by atoms with van der Waals surface area (Å²) in [6, 6.07) is 7.45. The number of rotatable bonds is 7. The van der Waals surface area contributed by atoms with Gasteiger partial charge in [0.05, 0.1) is 12.2 Å². The number of hydrogen-bond acceptors (Lipinski definition) is 7. The van der Waals surface area contributed by atoms with Gasteiger partial charge in [-0.15, -0.1) is 11.3 Å². The van der Waals surface area contributed by atoms with Crippen LogP contribution >= 0.6 is 11.3 Å². The normalized spacial score (nSPS) is 16.5. The molecule has 8 nitrogen and oxygen atoms in total. The number of benzene rings is 1. The summed E-state index contributed by atoms with van der Waals surface area (Å²) in [5, 5.41) is 10.3. The van der Waals surface area contributed by atoms with Crippen LogP contribution in [0.25, 0.3) is 11.3 Å². The van der Waals surface area contributed by atoms with Crippen molar-refractivity contribution in [2.24, 2.45) is 0 Å². The third kappa shape index (κ3) is 4.45. The van der Waals surface area contributed by atoms with Gasteiger partial charge >= 0.3 is 0 Å². The second kappa shape index (κ2) is 9.60. The number of aromatic nitrogens is 1. The molecular weight excluding hydrogens is 454 g/mol. The van der Waals surface area contributed by atoms with Gasteiger partial charge in [-0.2, -0.15) is 0 Å². The van der Waals surface area contributed by atoms with Crippen molar-refractivity contribution in [2.45, 2.75) is 45.1 Å². The zero-order chi connectivity index (χ0) is 23.7. The SMILES string of the molecule is COCCNC(=O)c1c(NC(=O)c2cc(-c3ccc4c(c3)C[C@@H](C)O4)on2)sc2c1CCCC2. The Bertz CT molecular complexity index is 1230. The molecule has 5 rings (SSSR count). The molecule has 0 radical (unpaired) electrons. The monoisotopic (exact) mass is 481 g/mol. The van der Waals surface area contributed by atoms with Crippen LogP contribution in [0.2, 0.25) is 0 Å². The van der Waals surface area contributed by atoms with Gasteiger partial charge in [0.15, 0.2) is 11.5 Å². The van der Waals surface area contributed by atoms with Crippen molar-refractivity contribution < 1.29 is 23.6 Å². The summed E-state index contributed by atoms with van der Waals surface area (Å²) in [7, 11) is 1.59. The van der Waals surface area contributed by atoms with Gasteiger partial charge in [-0.3, -0.25) is 9.59 Å². The van der Waals surface area contributed by atoms with Crippen LogP contribution in [0.3, 0.4) is 0 Å². The van der Waals surface area contributed by atoms with Crippen molar-refractivity contribution in [3.8, 4) is 17.1 Å². The molecular formula is C25H27N3O5S. The lowest BCUT2D eigenvalue weighted by molar-refractivity contribution is 0.0937. The fourth-order valence-corrected chi connectivity index (χ4v) is 5.79. The average molecular weight is 482 g/mol. The van der Waals surface area contributed by atoms with E-state index >= 15 is 0 Å². The minimum atomic E-state index is -0.405. The van der Waals surface area contributed by atoms with E-state index in [4.69, 9.17) is 14.0 Å². The third-order valence-corrected chi connectivity index (χ3v) is 7.35. The molecule has 0 bridgehead atoms. The molecule has 0 unspecified atom stereocenters. The van der Waals surface area contributed by atoms with E-state index in [1.54, 1.807) is 13.2 Å². The van der Waals surface area contributed by atoms with Crippen molar-refractivity contribution in [3.63, 3.8) is 0 Å². The van der Waals surface area contributed by atoms with Crippen LogP contribution in [0.4, 0.5) is 5.00 Å². The molecule has 1 atom stereocenters. The fourth-order valence-electron chi connectivity index (χ4n) is 4.51. The number of aryl methyl sites for hydroxylation is 1. The Morgan fingerprint density at radius 3 is 2.91 bits per heavy atom. The largest absolute Gasteiger partial charge is 0.490 e. The molecule has 178 valence electrons. The lowest BCUT2D eigenvalue weighted by Crippen LogP contribution is -2.28. The van der Waals surface area contributed by atoms with E-state index in [1.165, 1.54) is 11.3 Å². The van der Waals surface area contributed by atoms with Crippen molar-refractivity contribution in [1.82, 2.24) is 10.5 Å². The number of hydrogen-bond donors (Lipinski definition) is 2. The molecule has 3 heterocycles. The van der Waals surface area contributed by atoms with Crippen LogP contribution in [0.15, 0.2) is 28.8 Å². The van der Waals surface area contributed by atoms with E-state index < -0.39 is 5.91 Å². The van der Waals surface area contributed by atoms with Crippen molar-refractivity contribution in [1.29, 1.82) is 0 Å². The van der Waals surface area contributed by atoms with Crippen LogP contribution < -0.4 is 15.4 Å². The molecule has 1 aliphatic carbocycles. The van der Waals surface area contributed by atoms with E-state index in [0.717, 1.165) is 59.4 Å². The summed E-state index contributed by atoms with van der Waals surface area (Å²) >= 11 is 1.47. The molecule has 0 fully saturated rings.